The van der Waals surface area contributed by atoms with E-state index >= 15 is 0 Å². The van der Waals surface area contributed by atoms with Gasteiger partial charge in [0.05, 0.1) is 22.5 Å². The minimum Gasteiger partial charge on any atom is -0.326 e. The first-order chi connectivity index (χ1) is 18.6. The topological polar surface area (TPSA) is 83.5 Å². The zero-order chi connectivity index (χ0) is 28.2. The predicted octanol–water partition coefficient (Wildman–Crippen LogP) is 7.55. The molecular formula is C33H36N4O2. The molecule has 4 rings (SSSR count). The third-order valence-corrected chi connectivity index (χ3v) is 6.89. The van der Waals surface area contributed by atoms with Gasteiger partial charge in [0.1, 0.15) is 0 Å². The lowest BCUT2D eigenvalue weighted by atomic mass is 9.95. The van der Waals surface area contributed by atoms with E-state index in [1.807, 2.05) is 82.3 Å². The number of hydrazone groups is 1. The van der Waals surface area contributed by atoms with Crippen LogP contribution >= 0.6 is 0 Å². The van der Waals surface area contributed by atoms with Gasteiger partial charge < -0.3 is 5.32 Å². The molecular weight excluding hydrogens is 484 g/mol. The molecule has 0 aliphatic carbocycles. The molecule has 39 heavy (non-hydrogen) atoms. The van der Waals surface area contributed by atoms with Crippen LogP contribution in [0.1, 0.15) is 75.4 Å². The summed E-state index contributed by atoms with van der Waals surface area (Å²) < 4.78 is 0. The normalized spacial score (nSPS) is 12.7. The highest BCUT2D eigenvalue weighted by Gasteiger charge is 2.21. The van der Waals surface area contributed by atoms with E-state index < -0.39 is 5.41 Å². The molecule has 0 saturated heterocycles. The monoisotopic (exact) mass is 520 g/mol. The number of anilines is 1. The van der Waals surface area contributed by atoms with Crippen molar-refractivity contribution in [3.8, 4) is 11.3 Å². The van der Waals surface area contributed by atoms with Crippen LogP contribution in [0.3, 0.4) is 0 Å². The number of carbonyl (C=O) groups is 2. The van der Waals surface area contributed by atoms with Crippen molar-refractivity contribution in [3.63, 3.8) is 0 Å². The summed E-state index contributed by atoms with van der Waals surface area (Å²) in [6.45, 7) is 11.8. The van der Waals surface area contributed by atoms with Crippen molar-refractivity contribution in [3.05, 3.63) is 95.6 Å². The quantitative estimate of drug-likeness (QED) is 0.195. The second-order valence-corrected chi connectivity index (χ2v) is 10.9. The predicted molar refractivity (Wildman–Crippen MR) is 160 cm³/mol. The highest BCUT2D eigenvalue weighted by atomic mass is 16.2. The number of carbonyl (C=O) groups excluding carboxylic acids is 2. The van der Waals surface area contributed by atoms with Crippen LogP contribution in [0.2, 0.25) is 0 Å². The zero-order valence-electron chi connectivity index (χ0n) is 23.5. The van der Waals surface area contributed by atoms with E-state index in [1.54, 1.807) is 0 Å². The van der Waals surface area contributed by atoms with E-state index in [4.69, 9.17) is 4.98 Å². The van der Waals surface area contributed by atoms with E-state index in [0.29, 0.717) is 22.9 Å². The van der Waals surface area contributed by atoms with Gasteiger partial charge in [0.15, 0.2) is 0 Å². The van der Waals surface area contributed by atoms with Crippen molar-refractivity contribution >= 4 is 34.1 Å². The molecule has 0 saturated carbocycles. The first-order valence-electron chi connectivity index (χ1n) is 13.3. The summed E-state index contributed by atoms with van der Waals surface area (Å²) in [5.41, 5.74) is 8.53. The Morgan fingerprint density at radius 1 is 0.949 bits per heavy atom. The minimum atomic E-state index is -0.505. The van der Waals surface area contributed by atoms with Gasteiger partial charge in [-0.2, -0.15) is 5.10 Å². The summed E-state index contributed by atoms with van der Waals surface area (Å²) in [5, 5.41) is 8.07. The standard InChI is InChI=1S/C33H36N4O2/c1-7-21(2)23-15-17-24(18-16-23)30-20-28(27-13-8-9-14-29(27)35-30)31(38)37-36-22(3)25-11-10-12-26(19-25)34-32(39)33(4,5)6/h8-21H,7H2,1-6H3,(H,34,39)(H,37,38)/b36-22-/t21-/m0/s1. The van der Waals surface area contributed by atoms with Crippen LogP contribution < -0.4 is 10.7 Å². The van der Waals surface area contributed by atoms with Gasteiger partial charge in [-0.1, -0.05) is 89.2 Å². The fourth-order valence-corrected chi connectivity index (χ4v) is 4.13. The molecule has 6 nitrogen and oxygen atoms in total. The summed E-state index contributed by atoms with van der Waals surface area (Å²) in [6.07, 6.45) is 1.08. The van der Waals surface area contributed by atoms with Gasteiger partial charge in [-0.05, 0) is 54.7 Å². The van der Waals surface area contributed by atoms with E-state index in [1.165, 1.54) is 5.56 Å². The van der Waals surface area contributed by atoms with E-state index in [0.717, 1.165) is 34.1 Å². The Labute approximate surface area is 230 Å². The average Bonchev–Trinajstić information content (AvgIpc) is 2.94. The number of rotatable bonds is 7. The van der Waals surface area contributed by atoms with Gasteiger partial charge >= 0.3 is 0 Å². The lowest BCUT2D eigenvalue weighted by Gasteiger charge is -2.18. The van der Waals surface area contributed by atoms with Gasteiger partial charge in [-0.15, -0.1) is 0 Å². The maximum Gasteiger partial charge on any atom is 0.272 e. The highest BCUT2D eigenvalue weighted by molar-refractivity contribution is 6.08. The number of benzene rings is 3. The maximum atomic E-state index is 13.4. The molecule has 1 aromatic heterocycles. The van der Waals surface area contributed by atoms with E-state index in [-0.39, 0.29) is 11.8 Å². The summed E-state index contributed by atoms with van der Waals surface area (Å²) in [5.74, 6) is 0.0987. The number of hydrogen-bond acceptors (Lipinski definition) is 4. The number of fused-ring (bicyclic) bond motifs is 1. The van der Waals surface area contributed by atoms with E-state index in [2.05, 4.69) is 54.0 Å². The van der Waals surface area contributed by atoms with Crippen molar-refractivity contribution in [2.24, 2.45) is 10.5 Å². The Morgan fingerprint density at radius 2 is 1.67 bits per heavy atom. The molecule has 0 bridgehead atoms. The van der Waals surface area contributed by atoms with Gasteiger partial charge in [0.25, 0.3) is 5.91 Å². The summed E-state index contributed by atoms with van der Waals surface area (Å²) >= 11 is 0. The Morgan fingerprint density at radius 3 is 2.36 bits per heavy atom. The zero-order valence-corrected chi connectivity index (χ0v) is 23.5. The SMILES string of the molecule is CC[C@H](C)c1ccc(-c2cc(C(=O)N/N=C(/C)c3cccc(NC(=O)C(C)(C)C)c3)c3ccccc3n2)cc1. The van der Waals surface area contributed by atoms with Crippen LogP contribution in [0, 0.1) is 5.41 Å². The second kappa shape index (κ2) is 11.6. The van der Waals surface area contributed by atoms with Gasteiger partial charge in [-0.25, -0.2) is 10.4 Å². The first-order valence-corrected chi connectivity index (χ1v) is 13.3. The molecule has 1 atom stereocenters. The van der Waals surface area contributed by atoms with Crippen LogP contribution in [-0.2, 0) is 4.79 Å². The third kappa shape index (κ3) is 6.58. The summed E-state index contributed by atoms with van der Waals surface area (Å²) in [7, 11) is 0. The fourth-order valence-electron chi connectivity index (χ4n) is 4.13. The van der Waals surface area contributed by atoms with Crippen molar-refractivity contribution in [1.29, 1.82) is 0 Å². The van der Waals surface area contributed by atoms with Crippen LogP contribution in [0.5, 0.6) is 0 Å². The number of aromatic nitrogens is 1. The molecule has 0 aliphatic heterocycles. The molecule has 0 radical (unpaired) electrons. The number of hydrogen-bond donors (Lipinski definition) is 2. The number of para-hydroxylation sites is 1. The number of nitrogens with one attached hydrogen (secondary N) is 2. The molecule has 200 valence electrons. The van der Waals surface area contributed by atoms with Crippen molar-refractivity contribution in [2.75, 3.05) is 5.32 Å². The average molecular weight is 521 g/mol. The van der Waals surface area contributed by atoms with Crippen molar-refractivity contribution in [2.45, 2.75) is 53.9 Å². The lowest BCUT2D eigenvalue weighted by Crippen LogP contribution is -2.27. The second-order valence-electron chi connectivity index (χ2n) is 10.9. The highest BCUT2D eigenvalue weighted by Crippen LogP contribution is 2.27. The van der Waals surface area contributed by atoms with Crippen LogP contribution in [-0.4, -0.2) is 22.5 Å². The molecule has 1 heterocycles. The molecule has 4 aromatic rings. The molecule has 0 aliphatic rings. The minimum absolute atomic E-state index is 0.0718. The van der Waals surface area contributed by atoms with Crippen LogP contribution in [0.15, 0.2) is 84.0 Å². The molecule has 0 fully saturated rings. The largest absolute Gasteiger partial charge is 0.326 e. The van der Waals surface area contributed by atoms with Gasteiger partial charge in [0.2, 0.25) is 5.91 Å². The van der Waals surface area contributed by atoms with Gasteiger partial charge in [-0.3, -0.25) is 9.59 Å². The number of amides is 2. The number of nitrogens with zero attached hydrogens (tertiary/aromatic N) is 2. The Kier molecular flexibility index (Phi) is 8.24. The molecule has 6 heteroatoms. The van der Waals surface area contributed by atoms with Crippen LogP contribution in [0.4, 0.5) is 5.69 Å². The smallest absolute Gasteiger partial charge is 0.272 e. The molecule has 0 spiro atoms. The Balaban J connectivity index is 1.60. The van der Waals surface area contributed by atoms with Crippen molar-refractivity contribution < 1.29 is 9.59 Å². The molecule has 3 aromatic carbocycles. The number of pyridine rings is 1. The van der Waals surface area contributed by atoms with E-state index in [9.17, 15) is 9.59 Å². The van der Waals surface area contributed by atoms with Crippen LogP contribution in [0.25, 0.3) is 22.2 Å². The lowest BCUT2D eigenvalue weighted by molar-refractivity contribution is -0.123. The summed E-state index contributed by atoms with van der Waals surface area (Å²) in [4.78, 5) is 30.6. The Hall–Kier alpha value is -4.32. The molecule has 2 N–H and O–H groups in total. The fraction of sp³-hybridized carbons (Fsp3) is 0.273. The Bertz CT molecular complexity index is 1530. The first kappa shape index (κ1) is 27.7. The molecule has 2 amide bonds. The molecule has 0 unspecified atom stereocenters. The third-order valence-electron chi connectivity index (χ3n) is 6.89. The van der Waals surface area contributed by atoms with Crippen molar-refractivity contribution in [1.82, 2.24) is 10.4 Å². The maximum absolute atomic E-state index is 13.4. The summed E-state index contributed by atoms with van der Waals surface area (Å²) in [6, 6.07) is 25.2. The van der Waals surface area contributed by atoms with Gasteiger partial charge in [0, 0.05) is 22.1 Å².